The Kier molecular flexibility index (Phi) is 7.63. The van der Waals surface area contributed by atoms with Crippen LogP contribution in [0.3, 0.4) is 0 Å². The van der Waals surface area contributed by atoms with Crippen molar-refractivity contribution in [2.24, 2.45) is 5.10 Å². The maximum absolute atomic E-state index is 11.9. The van der Waals surface area contributed by atoms with Crippen molar-refractivity contribution in [1.82, 2.24) is 5.43 Å². The van der Waals surface area contributed by atoms with Gasteiger partial charge in [-0.1, -0.05) is 17.7 Å². The van der Waals surface area contributed by atoms with Crippen molar-refractivity contribution in [2.75, 3.05) is 19.0 Å². The van der Waals surface area contributed by atoms with E-state index in [9.17, 15) is 9.59 Å². The maximum Gasteiger partial charge on any atom is 0.249 e. The highest BCUT2D eigenvalue weighted by Crippen LogP contribution is 2.21. The molecule has 0 saturated heterocycles. The summed E-state index contributed by atoms with van der Waals surface area (Å²) in [5.74, 6) is 0.185. The van der Waals surface area contributed by atoms with Gasteiger partial charge in [-0.15, -0.1) is 0 Å². The molecule has 0 aliphatic carbocycles. The quantitative estimate of drug-likeness (QED) is 0.412. The zero-order valence-electron chi connectivity index (χ0n) is 15.0. The van der Waals surface area contributed by atoms with Crippen molar-refractivity contribution in [1.29, 1.82) is 0 Å². The van der Waals surface area contributed by atoms with Gasteiger partial charge in [0, 0.05) is 22.3 Å². The number of nitrogens with one attached hydrogen (secondary N) is 2. The highest BCUT2D eigenvalue weighted by Gasteiger charge is 2.09. The monoisotopic (exact) mass is 389 g/mol. The first-order valence-corrected chi connectivity index (χ1v) is 8.57. The molecule has 0 bridgehead atoms. The number of hydrazone groups is 1. The van der Waals surface area contributed by atoms with E-state index in [2.05, 4.69) is 15.8 Å². The van der Waals surface area contributed by atoms with E-state index in [1.165, 1.54) is 13.3 Å². The number of nitrogens with zero attached hydrogens (tertiary/aromatic N) is 1. The first-order valence-electron chi connectivity index (χ1n) is 8.20. The minimum atomic E-state index is -0.549. The van der Waals surface area contributed by atoms with Gasteiger partial charge in [-0.3, -0.25) is 9.59 Å². The van der Waals surface area contributed by atoms with E-state index < -0.39 is 11.8 Å². The molecule has 2 aromatic carbocycles. The van der Waals surface area contributed by atoms with E-state index in [0.717, 1.165) is 0 Å². The van der Waals surface area contributed by atoms with E-state index in [-0.39, 0.29) is 6.42 Å². The first-order chi connectivity index (χ1) is 13.0. The molecule has 0 fully saturated rings. The third kappa shape index (κ3) is 6.63. The average molecular weight is 390 g/mol. The fourth-order valence-electron chi connectivity index (χ4n) is 2.17. The van der Waals surface area contributed by atoms with E-state index in [0.29, 0.717) is 34.4 Å². The Morgan fingerprint density at radius 2 is 2.00 bits per heavy atom. The van der Waals surface area contributed by atoms with E-state index in [4.69, 9.17) is 21.1 Å². The van der Waals surface area contributed by atoms with E-state index in [1.54, 1.807) is 42.5 Å². The molecule has 2 rings (SSSR count). The van der Waals surface area contributed by atoms with Crippen LogP contribution < -0.4 is 20.2 Å². The number of methoxy groups -OCH3 is 1. The van der Waals surface area contributed by atoms with E-state index >= 15 is 0 Å². The van der Waals surface area contributed by atoms with Crippen LogP contribution >= 0.6 is 11.6 Å². The first kappa shape index (κ1) is 20.3. The van der Waals surface area contributed by atoms with Gasteiger partial charge >= 0.3 is 0 Å². The number of carbonyl (C=O) groups is 2. The van der Waals surface area contributed by atoms with Gasteiger partial charge in [0.1, 0.15) is 17.9 Å². The number of rotatable bonds is 8. The maximum atomic E-state index is 11.9. The number of ether oxygens (including phenoxy) is 2. The standard InChI is InChI=1S/C19H20ClN3O4/c1-3-27-17-8-7-14(20)9-13(17)12-21-23-19(25)11-18(24)22-15-5-4-6-16(10-15)26-2/h4-10,12H,3,11H2,1-2H3,(H,22,24)(H,23,25). The molecule has 8 heteroatoms. The van der Waals surface area contributed by atoms with Crippen molar-refractivity contribution >= 4 is 35.3 Å². The predicted molar refractivity (Wildman–Crippen MR) is 105 cm³/mol. The van der Waals surface area contributed by atoms with Crippen LogP contribution in [0.25, 0.3) is 0 Å². The second-order valence-electron chi connectivity index (χ2n) is 5.37. The molecule has 0 unspecified atom stereocenters. The van der Waals surface area contributed by atoms with Crippen molar-refractivity contribution < 1.29 is 19.1 Å². The van der Waals surface area contributed by atoms with Crippen LogP contribution in [0.2, 0.25) is 5.02 Å². The summed E-state index contributed by atoms with van der Waals surface area (Å²) >= 11 is 5.96. The molecule has 142 valence electrons. The zero-order chi connectivity index (χ0) is 19.6. The third-order valence-electron chi connectivity index (χ3n) is 3.34. The van der Waals surface area contributed by atoms with E-state index in [1.807, 2.05) is 6.92 Å². The Morgan fingerprint density at radius 3 is 2.74 bits per heavy atom. The Hall–Kier alpha value is -3.06. The van der Waals surface area contributed by atoms with Gasteiger partial charge in [0.05, 0.1) is 19.9 Å². The lowest BCUT2D eigenvalue weighted by Gasteiger charge is -2.07. The van der Waals surface area contributed by atoms with Crippen molar-refractivity contribution in [3.63, 3.8) is 0 Å². The number of hydrogen-bond acceptors (Lipinski definition) is 5. The molecule has 0 radical (unpaired) electrons. The highest BCUT2D eigenvalue weighted by atomic mass is 35.5. The van der Waals surface area contributed by atoms with Crippen LogP contribution in [0.15, 0.2) is 47.6 Å². The normalized spacial score (nSPS) is 10.5. The lowest BCUT2D eigenvalue weighted by atomic mass is 10.2. The summed E-state index contributed by atoms with van der Waals surface area (Å²) < 4.78 is 10.5. The summed E-state index contributed by atoms with van der Waals surface area (Å²) in [5, 5.41) is 6.99. The lowest BCUT2D eigenvalue weighted by Crippen LogP contribution is -2.24. The molecule has 2 amide bonds. The molecule has 27 heavy (non-hydrogen) atoms. The minimum absolute atomic E-state index is 0.373. The van der Waals surface area contributed by atoms with Crippen molar-refractivity contribution in [3.05, 3.63) is 53.1 Å². The number of halogens is 1. The van der Waals surface area contributed by atoms with Crippen LogP contribution in [0.5, 0.6) is 11.5 Å². The molecule has 2 aromatic rings. The molecular formula is C19H20ClN3O4. The second-order valence-corrected chi connectivity index (χ2v) is 5.80. The molecule has 0 spiro atoms. The number of amides is 2. The molecule has 0 saturated carbocycles. The molecule has 2 N–H and O–H groups in total. The zero-order valence-corrected chi connectivity index (χ0v) is 15.7. The van der Waals surface area contributed by atoms with Gasteiger partial charge in [-0.25, -0.2) is 5.43 Å². The fourth-order valence-corrected chi connectivity index (χ4v) is 2.35. The summed E-state index contributed by atoms with van der Waals surface area (Å²) in [4.78, 5) is 23.8. The summed E-state index contributed by atoms with van der Waals surface area (Å²) in [6.45, 7) is 2.34. The number of carbonyl (C=O) groups excluding carboxylic acids is 2. The molecular weight excluding hydrogens is 370 g/mol. The van der Waals surface area contributed by atoms with Crippen LogP contribution in [0, 0.1) is 0 Å². The highest BCUT2D eigenvalue weighted by molar-refractivity contribution is 6.30. The van der Waals surface area contributed by atoms with Crippen LogP contribution in [-0.4, -0.2) is 31.7 Å². The van der Waals surface area contributed by atoms with Gasteiger partial charge in [0.25, 0.3) is 0 Å². The van der Waals surface area contributed by atoms with Gasteiger partial charge in [0.2, 0.25) is 11.8 Å². The summed E-state index contributed by atoms with van der Waals surface area (Å²) in [6.07, 6.45) is 1.04. The smallest absolute Gasteiger partial charge is 0.249 e. The van der Waals surface area contributed by atoms with Gasteiger partial charge < -0.3 is 14.8 Å². The molecule has 0 atom stereocenters. The van der Waals surface area contributed by atoms with Crippen LogP contribution in [0.1, 0.15) is 18.9 Å². The summed E-state index contributed by atoms with van der Waals surface area (Å²) in [6, 6.07) is 11.9. The number of benzene rings is 2. The average Bonchev–Trinajstić information content (AvgIpc) is 2.64. The molecule has 0 aliphatic rings. The molecule has 0 aromatic heterocycles. The molecule has 0 aliphatic heterocycles. The second kappa shape index (κ2) is 10.2. The lowest BCUT2D eigenvalue weighted by molar-refractivity contribution is -0.126. The fraction of sp³-hybridized carbons (Fsp3) is 0.211. The van der Waals surface area contributed by atoms with Gasteiger partial charge in [-0.05, 0) is 37.3 Å². The Bertz CT molecular complexity index is 839. The van der Waals surface area contributed by atoms with Gasteiger partial charge in [-0.2, -0.15) is 5.10 Å². The van der Waals surface area contributed by atoms with Crippen LogP contribution in [-0.2, 0) is 9.59 Å². The van der Waals surface area contributed by atoms with Crippen molar-refractivity contribution in [2.45, 2.75) is 13.3 Å². The topological polar surface area (TPSA) is 89.0 Å². The van der Waals surface area contributed by atoms with Gasteiger partial charge in [0.15, 0.2) is 0 Å². The Morgan fingerprint density at radius 1 is 1.19 bits per heavy atom. The third-order valence-corrected chi connectivity index (χ3v) is 3.57. The van der Waals surface area contributed by atoms with Crippen molar-refractivity contribution in [3.8, 4) is 11.5 Å². The number of anilines is 1. The molecule has 7 nitrogen and oxygen atoms in total. The Labute approximate surface area is 162 Å². The minimum Gasteiger partial charge on any atom is -0.497 e. The summed E-state index contributed by atoms with van der Waals surface area (Å²) in [5.41, 5.74) is 3.46. The predicted octanol–water partition coefficient (Wildman–Crippen LogP) is 3.23. The number of hydrogen-bond donors (Lipinski definition) is 2. The Balaban J connectivity index is 1.89. The summed E-state index contributed by atoms with van der Waals surface area (Å²) in [7, 11) is 1.53. The largest absolute Gasteiger partial charge is 0.497 e. The molecule has 0 heterocycles. The SMILES string of the molecule is CCOc1ccc(Cl)cc1C=NNC(=O)CC(=O)Nc1cccc(OC)c1. The van der Waals surface area contributed by atoms with Crippen LogP contribution in [0.4, 0.5) is 5.69 Å².